The number of nitrogens with zero attached hydrogens (tertiary/aromatic N) is 1. The molecule has 172 valence electrons. The van der Waals surface area contributed by atoms with E-state index in [0.29, 0.717) is 24.8 Å². The van der Waals surface area contributed by atoms with E-state index in [1.165, 1.54) is 17.0 Å². The van der Waals surface area contributed by atoms with Crippen molar-refractivity contribution >= 4 is 33.4 Å². The van der Waals surface area contributed by atoms with Crippen LogP contribution >= 0.6 is 11.6 Å². The lowest BCUT2D eigenvalue weighted by atomic mass is 9.90. The van der Waals surface area contributed by atoms with E-state index in [9.17, 15) is 27.5 Å². The molecule has 3 unspecified atom stereocenters. The third-order valence-corrected chi connectivity index (χ3v) is 7.56. The van der Waals surface area contributed by atoms with Crippen LogP contribution in [0.1, 0.15) is 44.6 Å². The zero-order chi connectivity index (χ0) is 22.8. The minimum absolute atomic E-state index is 0.0206. The number of carbonyl (C=O) groups is 2. The van der Waals surface area contributed by atoms with Crippen molar-refractivity contribution in [2.75, 3.05) is 12.3 Å². The van der Waals surface area contributed by atoms with E-state index < -0.39 is 33.3 Å². The number of amides is 2. The molecule has 0 radical (unpaired) electrons. The summed E-state index contributed by atoms with van der Waals surface area (Å²) in [6, 6.07) is 3.29. The average Bonchev–Trinajstić information content (AvgIpc) is 3.01. The molecule has 31 heavy (non-hydrogen) atoms. The zero-order valence-corrected chi connectivity index (χ0v) is 18.8. The van der Waals surface area contributed by atoms with Crippen LogP contribution in [-0.4, -0.2) is 60.2 Å². The Labute approximate surface area is 186 Å². The van der Waals surface area contributed by atoms with Gasteiger partial charge >= 0.3 is 0 Å². The molecule has 1 aromatic rings. The normalized spacial score (nSPS) is 26.8. The molecule has 3 N–H and O–H groups in total. The predicted molar refractivity (Wildman–Crippen MR) is 113 cm³/mol. The van der Waals surface area contributed by atoms with Crippen molar-refractivity contribution in [3.63, 3.8) is 0 Å². The Morgan fingerprint density at radius 2 is 2.10 bits per heavy atom. The van der Waals surface area contributed by atoms with E-state index in [0.717, 1.165) is 12.5 Å². The van der Waals surface area contributed by atoms with Gasteiger partial charge in [-0.2, -0.15) is 0 Å². The van der Waals surface area contributed by atoms with Crippen molar-refractivity contribution in [2.24, 2.45) is 0 Å². The maximum absolute atomic E-state index is 13.5. The number of nitrogens with one attached hydrogen (secondary N) is 2. The highest BCUT2D eigenvalue weighted by Crippen LogP contribution is 2.31. The van der Waals surface area contributed by atoms with E-state index in [2.05, 4.69) is 10.0 Å². The van der Waals surface area contributed by atoms with Crippen LogP contribution in [0.15, 0.2) is 18.2 Å². The Balaban J connectivity index is 1.62. The summed E-state index contributed by atoms with van der Waals surface area (Å²) in [7, 11) is -3.36. The second-order valence-electron chi connectivity index (χ2n) is 8.11. The van der Waals surface area contributed by atoms with Crippen molar-refractivity contribution in [1.29, 1.82) is 0 Å². The Hall–Kier alpha value is -1.75. The number of hydrogen-bond donors (Lipinski definition) is 3. The first-order valence-corrected chi connectivity index (χ1v) is 12.3. The molecule has 3 atom stereocenters. The molecular weight excluding hydrogens is 449 g/mol. The molecule has 1 aliphatic heterocycles. The minimum Gasteiger partial charge on any atom is -0.372 e. The SMILES string of the molecule is CCS(=O)(=O)NC1CCCC(N2CCC(O)(C(=O)NCc3cc(F)cc(Cl)c3)C2=O)C1. The van der Waals surface area contributed by atoms with E-state index in [-0.39, 0.29) is 42.4 Å². The number of likely N-dealkylation sites (tertiary alicyclic amines) is 1. The minimum atomic E-state index is -3.36. The molecule has 1 saturated carbocycles. The number of carbonyl (C=O) groups excluding carboxylic acids is 2. The zero-order valence-electron chi connectivity index (χ0n) is 17.2. The highest BCUT2D eigenvalue weighted by Gasteiger charge is 2.53. The molecular formula is C20H27ClFN3O5S. The second-order valence-corrected chi connectivity index (χ2v) is 10.6. The van der Waals surface area contributed by atoms with Crippen molar-refractivity contribution in [3.05, 3.63) is 34.6 Å². The van der Waals surface area contributed by atoms with Gasteiger partial charge in [0.2, 0.25) is 15.6 Å². The lowest BCUT2D eigenvalue weighted by Gasteiger charge is -2.36. The van der Waals surface area contributed by atoms with Crippen LogP contribution in [-0.2, 0) is 26.2 Å². The first-order chi connectivity index (χ1) is 14.5. The Kier molecular flexibility index (Phi) is 7.25. The van der Waals surface area contributed by atoms with Gasteiger partial charge in [0.15, 0.2) is 0 Å². The topological polar surface area (TPSA) is 116 Å². The van der Waals surface area contributed by atoms with Gasteiger partial charge in [-0.3, -0.25) is 9.59 Å². The van der Waals surface area contributed by atoms with Crippen LogP contribution in [0.2, 0.25) is 5.02 Å². The average molecular weight is 476 g/mol. The lowest BCUT2D eigenvalue weighted by Crippen LogP contribution is -2.54. The fourth-order valence-corrected chi connectivity index (χ4v) is 5.35. The third kappa shape index (κ3) is 5.54. The highest BCUT2D eigenvalue weighted by atomic mass is 35.5. The van der Waals surface area contributed by atoms with Crippen LogP contribution in [0.4, 0.5) is 4.39 Å². The summed E-state index contributed by atoms with van der Waals surface area (Å²) in [4.78, 5) is 27.0. The molecule has 8 nitrogen and oxygen atoms in total. The van der Waals surface area contributed by atoms with Crippen LogP contribution in [0.25, 0.3) is 0 Å². The second kappa shape index (κ2) is 9.40. The van der Waals surface area contributed by atoms with Gasteiger partial charge in [-0.25, -0.2) is 17.5 Å². The van der Waals surface area contributed by atoms with Gasteiger partial charge in [-0.05, 0) is 56.4 Å². The molecule has 0 bridgehead atoms. The molecule has 0 spiro atoms. The van der Waals surface area contributed by atoms with Gasteiger partial charge in [0.25, 0.3) is 11.8 Å². The molecule has 1 aromatic carbocycles. The Bertz CT molecular complexity index is 940. The van der Waals surface area contributed by atoms with Crippen LogP contribution in [0, 0.1) is 5.82 Å². The van der Waals surface area contributed by atoms with E-state index in [4.69, 9.17) is 11.6 Å². The van der Waals surface area contributed by atoms with Gasteiger partial charge < -0.3 is 15.3 Å². The number of rotatable bonds is 7. The van der Waals surface area contributed by atoms with Gasteiger partial charge in [-0.1, -0.05) is 11.6 Å². The molecule has 2 amide bonds. The van der Waals surface area contributed by atoms with Crippen molar-refractivity contribution in [2.45, 2.75) is 63.3 Å². The molecule has 0 aromatic heterocycles. The smallest absolute Gasteiger partial charge is 0.264 e. The summed E-state index contributed by atoms with van der Waals surface area (Å²) in [5.74, 6) is -2.11. The van der Waals surface area contributed by atoms with E-state index >= 15 is 0 Å². The Morgan fingerprint density at radius 3 is 2.77 bits per heavy atom. The van der Waals surface area contributed by atoms with Crippen molar-refractivity contribution in [3.8, 4) is 0 Å². The number of aliphatic hydroxyl groups is 1. The molecule has 1 aliphatic carbocycles. The third-order valence-electron chi connectivity index (χ3n) is 5.89. The highest BCUT2D eigenvalue weighted by molar-refractivity contribution is 7.89. The van der Waals surface area contributed by atoms with Crippen molar-refractivity contribution in [1.82, 2.24) is 14.9 Å². The molecule has 11 heteroatoms. The van der Waals surface area contributed by atoms with E-state index in [1.54, 1.807) is 6.92 Å². The largest absolute Gasteiger partial charge is 0.372 e. The van der Waals surface area contributed by atoms with Gasteiger partial charge in [0.05, 0.1) is 5.75 Å². The Morgan fingerprint density at radius 1 is 1.35 bits per heavy atom. The molecule has 3 rings (SSSR count). The van der Waals surface area contributed by atoms with Crippen molar-refractivity contribution < 1.29 is 27.5 Å². The molecule has 2 aliphatic rings. The summed E-state index contributed by atoms with van der Waals surface area (Å²) < 4.78 is 39.8. The maximum Gasteiger partial charge on any atom is 0.264 e. The van der Waals surface area contributed by atoms with Gasteiger partial charge in [0, 0.05) is 36.6 Å². The summed E-state index contributed by atoms with van der Waals surface area (Å²) in [6.07, 6.45) is 2.46. The maximum atomic E-state index is 13.5. The van der Waals surface area contributed by atoms with Crippen LogP contribution in [0.3, 0.4) is 0 Å². The monoisotopic (exact) mass is 475 g/mol. The molecule has 1 saturated heterocycles. The summed E-state index contributed by atoms with van der Waals surface area (Å²) in [5.41, 5.74) is -1.80. The fourth-order valence-electron chi connectivity index (χ4n) is 4.22. The van der Waals surface area contributed by atoms with Crippen LogP contribution < -0.4 is 10.0 Å². The number of halogens is 2. The first-order valence-electron chi connectivity index (χ1n) is 10.3. The molecule has 2 fully saturated rings. The lowest BCUT2D eigenvalue weighted by molar-refractivity contribution is -0.155. The summed E-state index contributed by atoms with van der Waals surface area (Å²) in [6.45, 7) is 1.67. The number of hydrogen-bond acceptors (Lipinski definition) is 5. The van der Waals surface area contributed by atoms with Gasteiger partial charge in [0.1, 0.15) is 5.82 Å². The van der Waals surface area contributed by atoms with Gasteiger partial charge in [-0.15, -0.1) is 0 Å². The standard InChI is InChI=1S/C20H27ClFN3O5S/c1-2-31(29,30)24-16-4-3-5-17(11-16)25-7-6-20(28,19(25)27)18(26)23-12-13-8-14(21)10-15(22)9-13/h8-10,16-17,24,28H,2-7,11-12H2,1H3,(H,23,26). The predicted octanol–water partition coefficient (Wildman–Crippen LogP) is 1.31. The summed E-state index contributed by atoms with van der Waals surface area (Å²) in [5, 5.41) is 13.5. The quantitative estimate of drug-likeness (QED) is 0.514. The first kappa shape index (κ1) is 23.9. The number of benzene rings is 1. The fraction of sp³-hybridized carbons (Fsp3) is 0.600. The summed E-state index contributed by atoms with van der Waals surface area (Å²) >= 11 is 5.80. The molecule has 1 heterocycles. The number of sulfonamides is 1. The van der Waals surface area contributed by atoms with Crippen LogP contribution in [0.5, 0.6) is 0 Å². The van der Waals surface area contributed by atoms with E-state index in [1.807, 2.05) is 0 Å².